The summed E-state index contributed by atoms with van der Waals surface area (Å²) in [5, 5.41) is 7.32. The Kier molecular flexibility index (Phi) is 4.45. The molecule has 0 aromatic carbocycles. The fourth-order valence-corrected chi connectivity index (χ4v) is 2.21. The van der Waals surface area contributed by atoms with Gasteiger partial charge in [0.25, 0.3) is 5.91 Å². The maximum absolute atomic E-state index is 11.8. The van der Waals surface area contributed by atoms with E-state index < -0.39 is 0 Å². The summed E-state index contributed by atoms with van der Waals surface area (Å²) in [6, 6.07) is 0. The molecule has 0 bridgehead atoms. The van der Waals surface area contributed by atoms with Crippen molar-refractivity contribution in [2.45, 2.75) is 33.7 Å². The standard InChI is InChI=1S/C14H19N5O/c1-4-19-11(3)12(10(2)18-19)5-6-17-14(20)13-9-15-7-8-16-13/h7-9H,4-6H2,1-3H3,(H,17,20). The fraction of sp³-hybridized carbons (Fsp3) is 0.429. The van der Waals surface area contributed by atoms with E-state index in [9.17, 15) is 4.79 Å². The van der Waals surface area contributed by atoms with Crippen molar-refractivity contribution in [3.05, 3.63) is 41.2 Å². The Bertz CT molecular complexity index is 591. The molecule has 20 heavy (non-hydrogen) atoms. The highest BCUT2D eigenvalue weighted by Crippen LogP contribution is 2.13. The Balaban J connectivity index is 1.94. The van der Waals surface area contributed by atoms with Crippen molar-refractivity contribution in [1.82, 2.24) is 25.1 Å². The number of rotatable bonds is 5. The van der Waals surface area contributed by atoms with Gasteiger partial charge in [0.05, 0.1) is 11.9 Å². The lowest BCUT2D eigenvalue weighted by Gasteiger charge is -2.05. The maximum atomic E-state index is 11.8. The van der Waals surface area contributed by atoms with Crippen LogP contribution >= 0.6 is 0 Å². The molecule has 2 aromatic rings. The van der Waals surface area contributed by atoms with Gasteiger partial charge in [-0.1, -0.05) is 0 Å². The normalized spacial score (nSPS) is 10.6. The number of aryl methyl sites for hydroxylation is 2. The molecule has 0 radical (unpaired) electrons. The summed E-state index contributed by atoms with van der Waals surface area (Å²) in [6.07, 6.45) is 5.28. The van der Waals surface area contributed by atoms with Gasteiger partial charge in [-0.05, 0) is 32.8 Å². The van der Waals surface area contributed by atoms with Crippen molar-refractivity contribution in [3.63, 3.8) is 0 Å². The zero-order valence-electron chi connectivity index (χ0n) is 12.1. The van der Waals surface area contributed by atoms with Crippen LogP contribution in [-0.4, -0.2) is 32.2 Å². The van der Waals surface area contributed by atoms with Gasteiger partial charge in [0.15, 0.2) is 0 Å². The zero-order chi connectivity index (χ0) is 14.5. The lowest BCUT2D eigenvalue weighted by atomic mass is 10.1. The number of nitrogens with one attached hydrogen (secondary N) is 1. The molecule has 6 nitrogen and oxygen atoms in total. The molecule has 106 valence electrons. The summed E-state index contributed by atoms with van der Waals surface area (Å²) in [4.78, 5) is 19.7. The highest BCUT2D eigenvalue weighted by atomic mass is 16.1. The second-order valence-corrected chi connectivity index (χ2v) is 4.56. The Morgan fingerprint density at radius 3 is 2.75 bits per heavy atom. The number of nitrogens with zero attached hydrogens (tertiary/aromatic N) is 4. The van der Waals surface area contributed by atoms with Gasteiger partial charge in [0, 0.05) is 31.2 Å². The quantitative estimate of drug-likeness (QED) is 0.890. The molecular formula is C14H19N5O. The third kappa shape index (κ3) is 3.01. The minimum atomic E-state index is -0.198. The van der Waals surface area contributed by atoms with E-state index in [0.29, 0.717) is 12.2 Å². The van der Waals surface area contributed by atoms with Gasteiger partial charge in [0.2, 0.25) is 0 Å². The minimum absolute atomic E-state index is 0.198. The van der Waals surface area contributed by atoms with Crippen molar-refractivity contribution in [2.24, 2.45) is 0 Å². The van der Waals surface area contributed by atoms with Crippen LogP contribution < -0.4 is 5.32 Å². The fourth-order valence-electron chi connectivity index (χ4n) is 2.21. The van der Waals surface area contributed by atoms with Crippen LogP contribution in [0.4, 0.5) is 0 Å². The molecule has 0 aliphatic carbocycles. The molecule has 0 saturated carbocycles. The molecule has 0 unspecified atom stereocenters. The van der Waals surface area contributed by atoms with E-state index in [1.807, 2.05) is 11.6 Å². The summed E-state index contributed by atoms with van der Waals surface area (Å²) in [5.74, 6) is -0.198. The summed E-state index contributed by atoms with van der Waals surface area (Å²) in [5.41, 5.74) is 3.73. The third-order valence-corrected chi connectivity index (χ3v) is 3.29. The SMILES string of the molecule is CCn1nc(C)c(CCNC(=O)c2cnccn2)c1C. The maximum Gasteiger partial charge on any atom is 0.271 e. The predicted octanol–water partition coefficient (Wildman–Crippen LogP) is 1.28. The molecule has 0 atom stereocenters. The van der Waals surface area contributed by atoms with Crippen molar-refractivity contribution in [3.8, 4) is 0 Å². The summed E-state index contributed by atoms with van der Waals surface area (Å²) < 4.78 is 1.98. The van der Waals surface area contributed by atoms with Crippen LogP contribution in [0.5, 0.6) is 0 Å². The van der Waals surface area contributed by atoms with Crippen LogP contribution in [0.25, 0.3) is 0 Å². The largest absolute Gasteiger partial charge is 0.350 e. The number of hydrogen-bond donors (Lipinski definition) is 1. The van der Waals surface area contributed by atoms with Crippen LogP contribution in [0, 0.1) is 13.8 Å². The van der Waals surface area contributed by atoms with E-state index in [-0.39, 0.29) is 5.91 Å². The van der Waals surface area contributed by atoms with Gasteiger partial charge in [-0.2, -0.15) is 5.10 Å². The molecule has 0 aliphatic rings. The smallest absolute Gasteiger partial charge is 0.271 e. The molecule has 0 aliphatic heterocycles. The van der Waals surface area contributed by atoms with E-state index in [1.54, 1.807) is 6.20 Å². The first-order valence-corrected chi connectivity index (χ1v) is 6.70. The van der Waals surface area contributed by atoms with Gasteiger partial charge < -0.3 is 5.32 Å². The Labute approximate surface area is 118 Å². The number of hydrogen-bond acceptors (Lipinski definition) is 4. The molecule has 0 saturated heterocycles. The molecule has 2 heterocycles. The zero-order valence-corrected chi connectivity index (χ0v) is 12.1. The lowest BCUT2D eigenvalue weighted by Crippen LogP contribution is -2.26. The molecule has 2 aromatic heterocycles. The Hall–Kier alpha value is -2.24. The van der Waals surface area contributed by atoms with Gasteiger partial charge in [-0.3, -0.25) is 14.5 Å². The van der Waals surface area contributed by atoms with Gasteiger partial charge in [-0.25, -0.2) is 4.98 Å². The third-order valence-electron chi connectivity index (χ3n) is 3.29. The summed E-state index contributed by atoms with van der Waals surface area (Å²) >= 11 is 0. The average Bonchev–Trinajstić information content (AvgIpc) is 2.75. The molecule has 2 rings (SSSR count). The monoisotopic (exact) mass is 273 g/mol. The highest BCUT2D eigenvalue weighted by Gasteiger charge is 2.11. The number of amides is 1. The van der Waals surface area contributed by atoms with Crippen molar-refractivity contribution in [2.75, 3.05) is 6.54 Å². The van der Waals surface area contributed by atoms with Gasteiger partial charge >= 0.3 is 0 Å². The molecule has 0 fully saturated rings. The van der Waals surface area contributed by atoms with Crippen LogP contribution in [0.15, 0.2) is 18.6 Å². The van der Waals surface area contributed by atoms with E-state index in [0.717, 1.165) is 18.7 Å². The number of carbonyl (C=O) groups excluding carboxylic acids is 1. The van der Waals surface area contributed by atoms with E-state index in [2.05, 4.69) is 34.2 Å². The Morgan fingerprint density at radius 1 is 1.35 bits per heavy atom. The first kappa shape index (κ1) is 14.2. The van der Waals surface area contributed by atoms with Crippen LogP contribution in [0.3, 0.4) is 0 Å². The number of carbonyl (C=O) groups is 1. The second kappa shape index (κ2) is 6.27. The average molecular weight is 273 g/mol. The van der Waals surface area contributed by atoms with Crippen LogP contribution in [0.1, 0.15) is 34.4 Å². The molecular weight excluding hydrogens is 254 g/mol. The van der Waals surface area contributed by atoms with E-state index in [1.165, 1.54) is 23.7 Å². The van der Waals surface area contributed by atoms with Crippen molar-refractivity contribution in [1.29, 1.82) is 0 Å². The van der Waals surface area contributed by atoms with Crippen LogP contribution in [0.2, 0.25) is 0 Å². The predicted molar refractivity (Wildman–Crippen MR) is 75.4 cm³/mol. The second-order valence-electron chi connectivity index (χ2n) is 4.56. The highest BCUT2D eigenvalue weighted by molar-refractivity contribution is 5.91. The first-order chi connectivity index (χ1) is 9.63. The topological polar surface area (TPSA) is 72.7 Å². The minimum Gasteiger partial charge on any atom is -0.350 e. The van der Waals surface area contributed by atoms with Gasteiger partial charge in [-0.15, -0.1) is 0 Å². The molecule has 6 heteroatoms. The summed E-state index contributed by atoms with van der Waals surface area (Å²) in [6.45, 7) is 7.55. The molecule has 1 amide bonds. The first-order valence-electron chi connectivity index (χ1n) is 6.70. The molecule has 1 N–H and O–H groups in total. The van der Waals surface area contributed by atoms with Gasteiger partial charge in [0.1, 0.15) is 5.69 Å². The lowest BCUT2D eigenvalue weighted by molar-refractivity contribution is 0.0948. The van der Waals surface area contributed by atoms with E-state index >= 15 is 0 Å². The van der Waals surface area contributed by atoms with Crippen molar-refractivity contribution >= 4 is 5.91 Å². The van der Waals surface area contributed by atoms with Crippen molar-refractivity contribution < 1.29 is 4.79 Å². The summed E-state index contributed by atoms with van der Waals surface area (Å²) in [7, 11) is 0. The van der Waals surface area contributed by atoms with E-state index in [4.69, 9.17) is 0 Å². The Morgan fingerprint density at radius 2 is 2.15 bits per heavy atom. The molecule has 0 spiro atoms. The number of aromatic nitrogens is 4. The van der Waals surface area contributed by atoms with Crippen LogP contribution in [-0.2, 0) is 13.0 Å².